The summed E-state index contributed by atoms with van der Waals surface area (Å²) in [4.78, 5) is 12.2. The Kier molecular flexibility index (Phi) is 4.19. The molecule has 1 aliphatic rings. The fraction of sp³-hybridized carbons (Fsp3) is 0.167. The van der Waals surface area contributed by atoms with Crippen molar-refractivity contribution in [2.75, 3.05) is 13.2 Å². The molecule has 0 saturated heterocycles. The third kappa shape index (κ3) is 3.34. The van der Waals surface area contributed by atoms with Crippen LogP contribution in [0, 0.1) is 5.82 Å². The Morgan fingerprint density at radius 2 is 1.73 bits per heavy atom. The summed E-state index contributed by atoms with van der Waals surface area (Å²) in [5.41, 5.74) is 1.30. The van der Waals surface area contributed by atoms with Crippen LogP contribution in [0.3, 0.4) is 0 Å². The van der Waals surface area contributed by atoms with Crippen molar-refractivity contribution in [1.82, 2.24) is 0 Å². The second kappa shape index (κ2) is 6.43. The number of carbonyl (C=O) groups excluding carboxylic acids is 1. The SMILES string of the molecule is O=C(/C=C/c1ccc(F)cc1)c1ccc2c(c1)OCCCO2. The van der Waals surface area contributed by atoms with E-state index >= 15 is 0 Å². The summed E-state index contributed by atoms with van der Waals surface area (Å²) in [6.07, 6.45) is 3.94. The van der Waals surface area contributed by atoms with Crippen molar-refractivity contribution in [2.45, 2.75) is 6.42 Å². The lowest BCUT2D eigenvalue weighted by Crippen LogP contribution is -1.98. The third-order valence-corrected chi connectivity index (χ3v) is 3.33. The average Bonchev–Trinajstić information content (AvgIpc) is 2.78. The van der Waals surface area contributed by atoms with Crippen molar-refractivity contribution >= 4 is 11.9 Å². The van der Waals surface area contributed by atoms with E-state index < -0.39 is 0 Å². The Hall–Kier alpha value is -2.62. The molecule has 1 aliphatic heterocycles. The Bertz CT molecular complexity index is 705. The number of hydrogen-bond acceptors (Lipinski definition) is 3. The molecule has 0 fully saturated rings. The average molecular weight is 298 g/mol. The predicted molar refractivity (Wildman–Crippen MR) is 81.8 cm³/mol. The highest BCUT2D eigenvalue weighted by Crippen LogP contribution is 2.30. The zero-order valence-electron chi connectivity index (χ0n) is 11.9. The van der Waals surface area contributed by atoms with Crippen LogP contribution in [0.25, 0.3) is 6.08 Å². The van der Waals surface area contributed by atoms with E-state index in [0.29, 0.717) is 30.3 Å². The molecule has 3 rings (SSSR count). The number of benzene rings is 2. The van der Waals surface area contributed by atoms with Gasteiger partial charge in [-0.2, -0.15) is 0 Å². The van der Waals surface area contributed by atoms with E-state index in [4.69, 9.17) is 9.47 Å². The highest BCUT2D eigenvalue weighted by atomic mass is 19.1. The maximum Gasteiger partial charge on any atom is 0.185 e. The summed E-state index contributed by atoms with van der Waals surface area (Å²) >= 11 is 0. The van der Waals surface area contributed by atoms with Crippen LogP contribution in [0.1, 0.15) is 22.3 Å². The number of hydrogen-bond donors (Lipinski definition) is 0. The first kappa shape index (κ1) is 14.3. The summed E-state index contributed by atoms with van der Waals surface area (Å²) in [7, 11) is 0. The van der Waals surface area contributed by atoms with E-state index in [1.165, 1.54) is 18.2 Å². The molecule has 3 nitrogen and oxygen atoms in total. The second-order valence-corrected chi connectivity index (χ2v) is 4.96. The fourth-order valence-electron chi connectivity index (χ4n) is 2.16. The quantitative estimate of drug-likeness (QED) is 0.637. The molecule has 0 radical (unpaired) electrons. The molecule has 112 valence electrons. The highest BCUT2D eigenvalue weighted by Gasteiger charge is 2.12. The lowest BCUT2D eigenvalue weighted by atomic mass is 10.1. The van der Waals surface area contributed by atoms with Crippen molar-refractivity contribution < 1.29 is 18.7 Å². The fourth-order valence-corrected chi connectivity index (χ4v) is 2.16. The molecular formula is C18H15FO3. The molecule has 0 unspecified atom stereocenters. The monoisotopic (exact) mass is 298 g/mol. The van der Waals surface area contributed by atoms with Crippen LogP contribution in [0.4, 0.5) is 4.39 Å². The Morgan fingerprint density at radius 3 is 2.50 bits per heavy atom. The van der Waals surface area contributed by atoms with Gasteiger partial charge in [-0.15, -0.1) is 0 Å². The number of carbonyl (C=O) groups is 1. The first-order chi connectivity index (χ1) is 10.7. The van der Waals surface area contributed by atoms with Gasteiger partial charge < -0.3 is 9.47 Å². The van der Waals surface area contributed by atoms with E-state index in [0.717, 1.165) is 12.0 Å². The van der Waals surface area contributed by atoms with Gasteiger partial charge >= 0.3 is 0 Å². The van der Waals surface area contributed by atoms with Crippen LogP contribution < -0.4 is 9.47 Å². The molecule has 2 aromatic rings. The van der Waals surface area contributed by atoms with Crippen molar-refractivity contribution in [1.29, 1.82) is 0 Å². The summed E-state index contributed by atoms with van der Waals surface area (Å²) in [5, 5.41) is 0. The van der Waals surface area contributed by atoms with Crippen molar-refractivity contribution in [3.8, 4) is 11.5 Å². The van der Waals surface area contributed by atoms with Gasteiger partial charge in [0.05, 0.1) is 13.2 Å². The van der Waals surface area contributed by atoms with Crippen LogP contribution in [-0.2, 0) is 0 Å². The lowest BCUT2D eigenvalue weighted by molar-refractivity contribution is 0.104. The maximum atomic E-state index is 12.8. The minimum absolute atomic E-state index is 0.139. The lowest BCUT2D eigenvalue weighted by Gasteiger charge is -2.07. The molecule has 0 atom stereocenters. The van der Waals surface area contributed by atoms with Gasteiger partial charge in [0.25, 0.3) is 0 Å². The molecule has 0 bridgehead atoms. The van der Waals surface area contributed by atoms with Gasteiger partial charge in [-0.05, 0) is 42.0 Å². The first-order valence-corrected chi connectivity index (χ1v) is 7.10. The number of ketones is 1. The zero-order valence-corrected chi connectivity index (χ0v) is 11.9. The van der Waals surface area contributed by atoms with E-state index in [-0.39, 0.29) is 11.6 Å². The van der Waals surface area contributed by atoms with Crippen LogP contribution in [0.5, 0.6) is 11.5 Å². The van der Waals surface area contributed by atoms with E-state index in [2.05, 4.69) is 0 Å². The van der Waals surface area contributed by atoms with Gasteiger partial charge in [0.15, 0.2) is 17.3 Å². The van der Waals surface area contributed by atoms with Gasteiger partial charge in [0.2, 0.25) is 0 Å². The summed E-state index contributed by atoms with van der Waals surface area (Å²) in [6.45, 7) is 1.20. The number of rotatable bonds is 3. The number of ether oxygens (including phenoxy) is 2. The second-order valence-electron chi connectivity index (χ2n) is 4.96. The molecule has 0 N–H and O–H groups in total. The molecule has 0 aromatic heterocycles. The van der Waals surface area contributed by atoms with Gasteiger partial charge in [-0.3, -0.25) is 4.79 Å². The molecule has 0 saturated carbocycles. The van der Waals surface area contributed by atoms with Crippen molar-refractivity contribution in [3.63, 3.8) is 0 Å². The van der Waals surface area contributed by atoms with E-state index in [9.17, 15) is 9.18 Å². The van der Waals surface area contributed by atoms with Gasteiger partial charge in [-0.25, -0.2) is 4.39 Å². The minimum Gasteiger partial charge on any atom is -0.490 e. The molecule has 22 heavy (non-hydrogen) atoms. The topological polar surface area (TPSA) is 35.5 Å². The molecule has 0 amide bonds. The molecule has 1 heterocycles. The van der Waals surface area contributed by atoms with E-state index in [1.807, 2.05) is 0 Å². The smallest absolute Gasteiger partial charge is 0.185 e. The molecule has 0 aliphatic carbocycles. The minimum atomic E-state index is -0.300. The van der Waals surface area contributed by atoms with Crippen LogP contribution in [0.15, 0.2) is 48.5 Å². The third-order valence-electron chi connectivity index (χ3n) is 3.33. The molecule has 4 heteroatoms. The normalized spacial score (nSPS) is 13.9. The molecular weight excluding hydrogens is 283 g/mol. The highest BCUT2D eigenvalue weighted by molar-refractivity contribution is 6.07. The largest absolute Gasteiger partial charge is 0.490 e. The standard InChI is InChI=1S/C18H15FO3/c19-15-6-2-13(3-7-15)4-8-16(20)14-5-9-17-18(12-14)22-11-1-10-21-17/h2-9,12H,1,10-11H2/b8-4+. The first-order valence-electron chi connectivity index (χ1n) is 7.10. The number of allylic oxidation sites excluding steroid dienone is 1. The Labute approximate surface area is 128 Å². The maximum absolute atomic E-state index is 12.8. The molecule has 2 aromatic carbocycles. The van der Waals surface area contributed by atoms with Crippen LogP contribution >= 0.6 is 0 Å². The zero-order chi connectivity index (χ0) is 15.4. The summed E-state index contributed by atoms with van der Waals surface area (Å²) in [6, 6.07) is 11.1. The number of halogens is 1. The molecule has 0 spiro atoms. The number of fused-ring (bicyclic) bond motifs is 1. The Balaban J connectivity index is 1.77. The van der Waals surface area contributed by atoms with Crippen LogP contribution in [0.2, 0.25) is 0 Å². The van der Waals surface area contributed by atoms with Crippen molar-refractivity contribution in [3.05, 3.63) is 65.5 Å². The summed E-state index contributed by atoms with van der Waals surface area (Å²) in [5.74, 6) is 0.821. The van der Waals surface area contributed by atoms with Gasteiger partial charge in [0, 0.05) is 12.0 Å². The predicted octanol–water partition coefficient (Wildman–Crippen LogP) is 3.88. The summed E-state index contributed by atoms with van der Waals surface area (Å²) < 4.78 is 23.9. The van der Waals surface area contributed by atoms with Crippen LogP contribution in [-0.4, -0.2) is 19.0 Å². The Morgan fingerprint density at radius 1 is 1.00 bits per heavy atom. The van der Waals surface area contributed by atoms with E-state index in [1.54, 1.807) is 36.4 Å². The van der Waals surface area contributed by atoms with Gasteiger partial charge in [-0.1, -0.05) is 18.2 Å². The van der Waals surface area contributed by atoms with Gasteiger partial charge in [0.1, 0.15) is 5.82 Å². The van der Waals surface area contributed by atoms with Crippen molar-refractivity contribution in [2.24, 2.45) is 0 Å².